The molecule has 4 aromatic rings. The van der Waals surface area contributed by atoms with Crippen molar-refractivity contribution in [3.63, 3.8) is 0 Å². The van der Waals surface area contributed by atoms with Gasteiger partial charge in [0.2, 0.25) is 0 Å². The van der Waals surface area contributed by atoms with Crippen molar-refractivity contribution >= 4 is 21.9 Å². The highest BCUT2D eigenvalue weighted by atomic mass is 16.4. The molecule has 2 aromatic carbocycles. The van der Waals surface area contributed by atoms with Crippen molar-refractivity contribution in [3.8, 4) is 11.1 Å². The van der Waals surface area contributed by atoms with Crippen molar-refractivity contribution in [3.05, 3.63) is 69.8 Å². The number of rotatable bonds is 2. The molecule has 3 heteroatoms. The predicted molar refractivity (Wildman–Crippen MR) is 96.5 cm³/mol. The van der Waals surface area contributed by atoms with Gasteiger partial charge in [-0.3, -0.25) is 0 Å². The van der Waals surface area contributed by atoms with Gasteiger partial charge in [-0.1, -0.05) is 37.3 Å². The molecule has 120 valence electrons. The molecule has 0 aliphatic heterocycles. The Morgan fingerprint density at radius 3 is 2.42 bits per heavy atom. The van der Waals surface area contributed by atoms with Gasteiger partial charge in [0.1, 0.15) is 11.2 Å². The van der Waals surface area contributed by atoms with Crippen molar-refractivity contribution in [1.29, 1.82) is 0 Å². The zero-order valence-corrected chi connectivity index (χ0v) is 14.0. The highest BCUT2D eigenvalue weighted by Crippen LogP contribution is 2.37. The molecule has 0 aliphatic carbocycles. The SMILES string of the molecule is CCc1coc2c(C)c3oc(=O)c(C)c(-c4ccccc4)c3cc12. The molecule has 0 fully saturated rings. The molecule has 0 saturated carbocycles. The Morgan fingerprint density at radius 2 is 1.71 bits per heavy atom. The summed E-state index contributed by atoms with van der Waals surface area (Å²) in [4.78, 5) is 12.4. The second-order valence-electron chi connectivity index (χ2n) is 6.12. The lowest BCUT2D eigenvalue weighted by molar-refractivity contribution is 0.551. The van der Waals surface area contributed by atoms with Gasteiger partial charge < -0.3 is 8.83 Å². The number of hydrogen-bond donors (Lipinski definition) is 0. The first-order chi connectivity index (χ1) is 11.6. The maximum absolute atomic E-state index is 12.4. The third kappa shape index (κ3) is 2.01. The second-order valence-corrected chi connectivity index (χ2v) is 6.12. The highest BCUT2D eigenvalue weighted by Gasteiger charge is 2.18. The van der Waals surface area contributed by atoms with E-state index in [1.165, 1.54) is 0 Å². The van der Waals surface area contributed by atoms with E-state index in [2.05, 4.69) is 13.0 Å². The first-order valence-corrected chi connectivity index (χ1v) is 8.14. The molecule has 2 heterocycles. The van der Waals surface area contributed by atoms with Crippen LogP contribution >= 0.6 is 0 Å². The van der Waals surface area contributed by atoms with Gasteiger partial charge in [-0.05, 0) is 37.5 Å². The highest BCUT2D eigenvalue weighted by molar-refractivity contribution is 6.05. The van der Waals surface area contributed by atoms with Crippen molar-refractivity contribution in [2.45, 2.75) is 27.2 Å². The van der Waals surface area contributed by atoms with Crippen LogP contribution in [0.1, 0.15) is 23.6 Å². The molecule has 0 unspecified atom stereocenters. The van der Waals surface area contributed by atoms with Crippen LogP contribution in [0.2, 0.25) is 0 Å². The van der Waals surface area contributed by atoms with Crippen LogP contribution in [-0.4, -0.2) is 0 Å². The molecule has 0 saturated heterocycles. The van der Waals surface area contributed by atoms with Crippen LogP contribution < -0.4 is 5.63 Å². The fourth-order valence-corrected chi connectivity index (χ4v) is 3.41. The van der Waals surface area contributed by atoms with E-state index in [4.69, 9.17) is 8.83 Å². The van der Waals surface area contributed by atoms with Crippen molar-refractivity contribution < 1.29 is 8.83 Å². The molecule has 0 atom stereocenters. The molecule has 2 aromatic heterocycles. The lowest BCUT2D eigenvalue weighted by atomic mass is 9.95. The molecule has 0 N–H and O–H groups in total. The van der Waals surface area contributed by atoms with Gasteiger partial charge in [0, 0.05) is 27.5 Å². The zero-order chi connectivity index (χ0) is 16.8. The summed E-state index contributed by atoms with van der Waals surface area (Å²) in [6.07, 6.45) is 2.69. The number of furan rings is 1. The monoisotopic (exact) mass is 318 g/mol. The summed E-state index contributed by atoms with van der Waals surface area (Å²) in [6, 6.07) is 12.1. The van der Waals surface area contributed by atoms with Crippen LogP contribution in [0.4, 0.5) is 0 Å². The largest absolute Gasteiger partial charge is 0.464 e. The van der Waals surface area contributed by atoms with E-state index in [9.17, 15) is 4.79 Å². The Kier molecular flexibility index (Phi) is 3.31. The molecule has 4 rings (SSSR count). The van der Waals surface area contributed by atoms with Gasteiger partial charge >= 0.3 is 5.63 Å². The summed E-state index contributed by atoms with van der Waals surface area (Å²) in [5, 5.41) is 2.05. The first-order valence-electron chi connectivity index (χ1n) is 8.14. The van der Waals surface area contributed by atoms with Gasteiger partial charge in [0.05, 0.1) is 6.26 Å². The quantitative estimate of drug-likeness (QED) is 0.466. The number of aryl methyl sites for hydroxylation is 2. The summed E-state index contributed by atoms with van der Waals surface area (Å²) in [7, 11) is 0. The Hall–Kier alpha value is -2.81. The van der Waals surface area contributed by atoms with E-state index in [0.29, 0.717) is 11.1 Å². The molecule has 0 bridgehead atoms. The average molecular weight is 318 g/mol. The normalized spacial score (nSPS) is 11.5. The van der Waals surface area contributed by atoms with E-state index in [1.54, 1.807) is 6.26 Å². The third-order valence-corrected chi connectivity index (χ3v) is 4.71. The molecule has 3 nitrogen and oxygen atoms in total. The minimum absolute atomic E-state index is 0.300. The lowest BCUT2D eigenvalue weighted by Crippen LogP contribution is -2.06. The van der Waals surface area contributed by atoms with E-state index < -0.39 is 0 Å². The number of fused-ring (bicyclic) bond motifs is 2. The van der Waals surface area contributed by atoms with E-state index in [-0.39, 0.29) is 5.63 Å². The smallest absolute Gasteiger partial charge is 0.339 e. The standard InChI is InChI=1S/C21H18O3/c1-4-14-11-23-19-13(3)20-17(10-16(14)19)18(12(2)21(22)24-20)15-8-6-5-7-9-15/h5-11H,4H2,1-3H3. The molecule has 0 amide bonds. The van der Waals surface area contributed by atoms with Crippen LogP contribution in [0, 0.1) is 13.8 Å². The molecule has 24 heavy (non-hydrogen) atoms. The van der Waals surface area contributed by atoms with Crippen molar-refractivity contribution in [2.24, 2.45) is 0 Å². The van der Waals surface area contributed by atoms with Crippen LogP contribution in [0.5, 0.6) is 0 Å². The minimum Gasteiger partial charge on any atom is -0.464 e. The Morgan fingerprint density at radius 1 is 0.958 bits per heavy atom. The predicted octanol–water partition coefficient (Wildman–Crippen LogP) is 5.39. The molecular formula is C21H18O3. The topological polar surface area (TPSA) is 43.4 Å². The summed E-state index contributed by atoms with van der Waals surface area (Å²) in [5.74, 6) is 0. The fourth-order valence-electron chi connectivity index (χ4n) is 3.41. The van der Waals surface area contributed by atoms with E-state index in [0.717, 1.165) is 45.0 Å². The van der Waals surface area contributed by atoms with Crippen LogP contribution in [0.3, 0.4) is 0 Å². The summed E-state index contributed by atoms with van der Waals surface area (Å²) in [6.45, 7) is 5.88. The van der Waals surface area contributed by atoms with Crippen LogP contribution in [0.15, 0.2) is 56.3 Å². The summed E-state index contributed by atoms with van der Waals surface area (Å²) >= 11 is 0. The summed E-state index contributed by atoms with van der Waals surface area (Å²) < 4.78 is 11.4. The first kappa shape index (κ1) is 14.8. The van der Waals surface area contributed by atoms with Gasteiger partial charge in [0.25, 0.3) is 0 Å². The number of hydrogen-bond acceptors (Lipinski definition) is 3. The van der Waals surface area contributed by atoms with Gasteiger partial charge in [-0.2, -0.15) is 0 Å². The summed E-state index contributed by atoms with van der Waals surface area (Å²) in [5.41, 5.74) is 5.73. The van der Waals surface area contributed by atoms with E-state index in [1.807, 2.05) is 44.2 Å². The van der Waals surface area contributed by atoms with Crippen molar-refractivity contribution in [1.82, 2.24) is 0 Å². The Bertz CT molecular complexity index is 1110. The Labute approximate surface area is 139 Å². The molecule has 0 aliphatic rings. The fraction of sp³-hybridized carbons (Fsp3) is 0.190. The van der Waals surface area contributed by atoms with Gasteiger partial charge in [-0.15, -0.1) is 0 Å². The van der Waals surface area contributed by atoms with Gasteiger partial charge in [0.15, 0.2) is 0 Å². The maximum Gasteiger partial charge on any atom is 0.339 e. The number of benzene rings is 2. The van der Waals surface area contributed by atoms with Crippen molar-refractivity contribution in [2.75, 3.05) is 0 Å². The lowest BCUT2D eigenvalue weighted by Gasteiger charge is -2.11. The average Bonchev–Trinajstić information content (AvgIpc) is 3.01. The minimum atomic E-state index is -0.300. The van der Waals surface area contributed by atoms with E-state index >= 15 is 0 Å². The van der Waals surface area contributed by atoms with Gasteiger partial charge in [-0.25, -0.2) is 4.79 Å². The Balaban J connectivity index is 2.24. The van der Waals surface area contributed by atoms with Crippen LogP contribution in [-0.2, 0) is 6.42 Å². The second kappa shape index (κ2) is 5.38. The molecule has 0 radical (unpaired) electrons. The molecular weight excluding hydrogens is 300 g/mol. The molecule has 0 spiro atoms. The third-order valence-electron chi connectivity index (χ3n) is 4.71. The maximum atomic E-state index is 12.4. The van der Waals surface area contributed by atoms with Crippen LogP contribution in [0.25, 0.3) is 33.1 Å². The zero-order valence-electron chi connectivity index (χ0n) is 14.0.